The first-order valence-corrected chi connectivity index (χ1v) is 9.22. The maximum Gasteiger partial charge on any atom is 0.242 e. The van der Waals surface area contributed by atoms with Crippen molar-refractivity contribution < 1.29 is 9.59 Å². The number of aromatic nitrogens is 2. The quantitative estimate of drug-likeness (QED) is 0.859. The summed E-state index contributed by atoms with van der Waals surface area (Å²) in [6, 6.07) is 8.11. The lowest BCUT2D eigenvalue weighted by molar-refractivity contribution is -0.140. The molecule has 2 heterocycles. The summed E-state index contributed by atoms with van der Waals surface area (Å²) < 4.78 is 1.94. The van der Waals surface area contributed by atoms with Gasteiger partial charge in [0.05, 0.1) is 24.5 Å². The van der Waals surface area contributed by atoms with Crippen molar-refractivity contribution in [1.29, 1.82) is 0 Å². The second kappa shape index (κ2) is 7.92. The minimum absolute atomic E-state index is 0.0252. The predicted molar refractivity (Wildman–Crippen MR) is 104 cm³/mol. The molecule has 0 spiro atoms. The van der Waals surface area contributed by atoms with E-state index in [9.17, 15) is 9.59 Å². The smallest absolute Gasteiger partial charge is 0.242 e. The third-order valence-electron chi connectivity index (χ3n) is 5.12. The molecule has 0 aliphatic carbocycles. The lowest BCUT2D eigenvalue weighted by Gasteiger charge is -2.28. The van der Waals surface area contributed by atoms with Crippen LogP contribution in [-0.2, 0) is 16.1 Å². The van der Waals surface area contributed by atoms with Crippen LogP contribution in [0.5, 0.6) is 0 Å². The van der Waals surface area contributed by atoms with Gasteiger partial charge in [-0.2, -0.15) is 5.10 Å². The molecule has 1 aliphatic rings. The van der Waals surface area contributed by atoms with Crippen LogP contribution >= 0.6 is 0 Å². The van der Waals surface area contributed by atoms with Crippen LogP contribution in [0, 0.1) is 20.8 Å². The van der Waals surface area contributed by atoms with Gasteiger partial charge in [0.25, 0.3) is 0 Å². The second-order valence-electron chi connectivity index (χ2n) is 7.09. The predicted octanol–water partition coefficient (Wildman–Crippen LogP) is 1.19. The summed E-state index contributed by atoms with van der Waals surface area (Å²) in [7, 11) is 1.78. The van der Waals surface area contributed by atoms with Crippen molar-refractivity contribution in [1.82, 2.24) is 24.9 Å². The minimum Gasteiger partial charge on any atom is -0.340 e. The van der Waals surface area contributed by atoms with Gasteiger partial charge in [-0.25, -0.2) is 4.68 Å². The molecule has 0 saturated carbocycles. The van der Waals surface area contributed by atoms with Crippen molar-refractivity contribution >= 4 is 11.8 Å². The average molecular weight is 369 g/mol. The van der Waals surface area contributed by atoms with Crippen molar-refractivity contribution in [3.63, 3.8) is 0 Å². The third-order valence-corrected chi connectivity index (χ3v) is 5.12. The van der Waals surface area contributed by atoms with Crippen LogP contribution in [-0.4, -0.2) is 64.6 Å². The number of rotatable bonds is 5. The van der Waals surface area contributed by atoms with E-state index in [1.54, 1.807) is 16.8 Å². The van der Waals surface area contributed by atoms with Crippen molar-refractivity contribution in [2.45, 2.75) is 27.3 Å². The number of nitrogens with one attached hydrogen (secondary N) is 1. The van der Waals surface area contributed by atoms with E-state index in [2.05, 4.69) is 23.4 Å². The summed E-state index contributed by atoms with van der Waals surface area (Å²) in [4.78, 5) is 27.8. The SMILES string of the molecule is Cc1ccccc1-n1nc(C)c(CN(C)C(=O)CN2CCNCC2=O)c1C. The molecule has 27 heavy (non-hydrogen) atoms. The molecular weight excluding hydrogens is 342 g/mol. The van der Waals surface area contributed by atoms with E-state index in [1.807, 2.05) is 36.7 Å². The van der Waals surface area contributed by atoms with E-state index >= 15 is 0 Å². The van der Waals surface area contributed by atoms with Gasteiger partial charge >= 0.3 is 0 Å². The first-order valence-electron chi connectivity index (χ1n) is 9.22. The summed E-state index contributed by atoms with van der Waals surface area (Å²) in [6.07, 6.45) is 0. The van der Waals surface area contributed by atoms with Gasteiger partial charge in [-0.05, 0) is 32.4 Å². The molecule has 1 fully saturated rings. The molecule has 1 N–H and O–H groups in total. The molecule has 0 atom stereocenters. The number of carbonyl (C=O) groups is 2. The normalized spacial score (nSPS) is 14.5. The Hall–Kier alpha value is -2.67. The van der Waals surface area contributed by atoms with Crippen molar-refractivity contribution in [2.75, 3.05) is 33.2 Å². The first kappa shape index (κ1) is 19.1. The van der Waals surface area contributed by atoms with E-state index in [0.717, 1.165) is 34.7 Å². The number of hydrogen-bond donors (Lipinski definition) is 1. The summed E-state index contributed by atoms with van der Waals surface area (Å²) >= 11 is 0. The molecule has 2 aromatic rings. The molecule has 3 rings (SSSR count). The maximum atomic E-state index is 12.6. The molecule has 1 aromatic carbocycles. The Labute approximate surface area is 159 Å². The van der Waals surface area contributed by atoms with Crippen LogP contribution in [0.25, 0.3) is 5.69 Å². The van der Waals surface area contributed by atoms with Gasteiger partial charge in [-0.15, -0.1) is 0 Å². The van der Waals surface area contributed by atoms with Gasteiger partial charge in [-0.1, -0.05) is 18.2 Å². The first-order chi connectivity index (χ1) is 12.9. The Bertz CT molecular complexity index is 858. The Morgan fingerprint density at radius 2 is 2.00 bits per heavy atom. The lowest BCUT2D eigenvalue weighted by atomic mass is 10.1. The highest BCUT2D eigenvalue weighted by molar-refractivity contribution is 5.86. The fourth-order valence-electron chi connectivity index (χ4n) is 3.36. The molecule has 0 bridgehead atoms. The monoisotopic (exact) mass is 369 g/mol. The van der Waals surface area contributed by atoms with Crippen molar-refractivity contribution in [3.8, 4) is 5.69 Å². The van der Waals surface area contributed by atoms with E-state index in [1.165, 1.54) is 0 Å². The molecule has 144 valence electrons. The number of benzene rings is 1. The van der Waals surface area contributed by atoms with Crippen molar-refractivity contribution in [2.24, 2.45) is 0 Å². The van der Waals surface area contributed by atoms with E-state index in [4.69, 9.17) is 0 Å². The Morgan fingerprint density at radius 1 is 1.26 bits per heavy atom. The minimum atomic E-state index is -0.0623. The number of nitrogens with zero attached hydrogens (tertiary/aromatic N) is 4. The Morgan fingerprint density at radius 3 is 2.70 bits per heavy atom. The Balaban J connectivity index is 1.74. The van der Waals surface area contributed by atoms with Crippen LogP contribution in [0.4, 0.5) is 0 Å². The highest BCUT2D eigenvalue weighted by Crippen LogP contribution is 2.21. The highest BCUT2D eigenvalue weighted by atomic mass is 16.2. The van der Waals surface area contributed by atoms with E-state index in [0.29, 0.717) is 19.6 Å². The maximum absolute atomic E-state index is 12.6. The summed E-state index contributed by atoms with van der Waals surface area (Å²) in [5.41, 5.74) is 5.18. The van der Waals surface area contributed by atoms with Crippen molar-refractivity contribution in [3.05, 3.63) is 46.8 Å². The molecular formula is C20H27N5O2. The zero-order valence-electron chi connectivity index (χ0n) is 16.5. The second-order valence-corrected chi connectivity index (χ2v) is 7.09. The zero-order valence-corrected chi connectivity index (χ0v) is 16.5. The number of aryl methyl sites for hydroxylation is 2. The van der Waals surface area contributed by atoms with Gasteiger partial charge in [0.1, 0.15) is 0 Å². The summed E-state index contributed by atoms with van der Waals surface area (Å²) in [6.45, 7) is 8.26. The van der Waals surface area contributed by atoms with Crippen LogP contribution in [0.15, 0.2) is 24.3 Å². The fourth-order valence-corrected chi connectivity index (χ4v) is 3.36. The largest absolute Gasteiger partial charge is 0.340 e. The van der Waals surface area contributed by atoms with Gasteiger partial charge in [-0.3, -0.25) is 9.59 Å². The molecule has 7 heteroatoms. The highest BCUT2D eigenvalue weighted by Gasteiger charge is 2.23. The van der Waals surface area contributed by atoms with Crippen LogP contribution < -0.4 is 5.32 Å². The number of hydrogen-bond acceptors (Lipinski definition) is 4. The molecule has 0 unspecified atom stereocenters. The van der Waals surface area contributed by atoms with Gasteiger partial charge < -0.3 is 15.1 Å². The lowest BCUT2D eigenvalue weighted by Crippen LogP contribution is -2.51. The number of carbonyl (C=O) groups excluding carboxylic acids is 2. The van der Waals surface area contributed by atoms with E-state index < -0.39 is 0 Å². The number of likely N-dealkylation sites (N-methyl/N-ethyl adjacent to an activating group) is 1. The topological polar surface area (TPSA) is 70.5 Å². The van der Waals surface area contributed by atoms with Gasteiger partial charge in [0.15, 0.2) is 0 Å². The zero-order chi connectivity index (χ0) is 19.6. The number of para-hydroxylation sites is 1. The van der Waals surface area contributed by atoms with Crippen LogP contribution in [0.3, 0.4) is 0 Å². The van der Waals surface area contributed by atoms with Gasteiger partial charge in [0, 0.05) is 37.9 Å². The number of piperazine rings is 1. The molecule has 1 saturated heterocycles. The van der Waals surface area contributed by atoms with E-state index in [-0.39, 0.29) is 18.4 Å². The Kier molecular flexibility index (Phi) is 5.60. The van der Waals surface area contributed by atoms with Crippen LogP contribution in [0.1, 0.15) is 22.5 Å². The number of amides is 2. The standard InChI is InChI=1S/C20H27N5O2/c1-14-7-5-6-8-18(14)25-16(3)17(15(2)22-25)12-23(4)20(27)13-24-10-9-21-11-19(24)26/h5-8,21H,9-13H2,1-4H3. The molecule has 1 aliphatic heterocycles. The van der Waals surface area contributed by atoms with Crippen LogP contribution in [0.2, 0.25) is 0 Å². The molecule has 0 radical (unpaired) electrons. The summed E-state index contributed by atoms with van der Waals surface area (Å²) in [5.74, 6) is -0.0876. The average Bonchev–Trinajstić information content (AvgIpc) is 2.92. The molecule has 1 aromatic heterocycles. The third kappa shape index (κ3) is 4.03. The molecule has 7 nitrogen and oxygen atoms in total. The molecule has 2 amide bonds. The van der Waals surface area contributed by atoms with Gasteiger partial charge in [0.2, 0.25) is 11.8 Å². The summed E-state index contributed by atoms with van der Waals surface area (Å²) in [5, 5.41) is 7.70. The fraction of sp³-hybridized carbons (Fsp3) is 0.450.